The van der Waals surface area contributed by atoms with E-state index in [0.29, 0.717) is 24.1 Å². The third kappa shape index (κ3) is 4.70. The van der Waals surface area contributed by atoms with Crippen molar-refractivity contribution in [2.24, 2.45) is 14.1 Å². The molecule has 1 N–H and O–H groups in total. The van der Waals surface area contributed by atoms with Crippen LogP contribution in [-0.2, 0) is 20.6 Å². The molecule has 2 aliphatic rings. The summed E-state index contributed by atoms with van der Waals surface area (Å²) in [7, 11) is 4.08. The summed E-state index contributed by atoms with van der Waals surface area (Å²) in [5.74, 6) is 2.47. The van der Waals surface area contributed by atoms with Gasteiger partial charge in [-0.05, 0) is 55.5 Å². The van der Waals surface area contributed by atoms with E-state index in [1.165, 1.54) is 5.69 Å². The number of benzene rings is 2. The Morgan fingerprint density at radius 2 is 1.77 bits per heavy atom. The second-order valence-electron chi connectivity index (χ2n) is 12.0. The summed E-state index contributed by atoms with van der Waals surface area (Å²) in [4.78, 5) is 10.4. The van der Waals surface area contributed by atoms with Gasteiger partial charge in [-0.15, -0.1) is 0 Å². The number of nitriles is 1. The smallest absolute Gasteiger partial charge is 0.181 e. The lowest BCUT2D eigenvalue weighted by Crippen LogP contribution is -2.09. The van der Waals surface area contributed by atoms with E-state index in [1.54, 1.807) is 12.1 Å². The summed E-state index contributed by atoms with van der Waals surface area (Å²) in [5.41, 5.74) is 7.91. The van der Waals surface area contributed by atoms with Crippen molar-refractivity contribution in [3.8, 4) is 34.5 Å². The Morgan fingerprint density at radius 3 is 2.52 bits per heavy atom. The van der Waals surface area contributed by atoms with Crippen LogP contribution >= 0.6 is 0 Å². The van der Waals surface area contributed by atoms with Crippen LogP contribution in [0.2, 0.25) is 0 Å². The van der Waals surface area contributed by atoms with E-state index >= 15 is 0 Å². The molecule has 220 valence electrons. The van der Waals surface area contributed by atoms with Crippen LogP contribution in [0.3, 0.4) is 0 Å². The van der Waals surface area contributed by atoms with Crippen molar-refractivity contribution in [1.29, 1.82) is 5.26 Å². The van der Waals surface area contributed by atoms with Crippen LogP contribution in [0.15, 0.2) is 60.9 Å². The minimum Gasteiger partial charge on any atom is -0.479 e. The molecule has 0 unspecified atom stereocenters. The average molecular weight is 585 g/mol. The van der Waals surface area contributed by atoms with Crippen molar-refractivity contribution in [1.82, 2.24) is 34.1 Å². The Labute approximate surface area is 254 Å². The summed E-state index contributed by atoms with van der Waals surface area (Å²) in [6.07, 6.45) is 7.89. The molecule has 0 radical (unpaired) electrons. The van der Waals surface area contributed by atoms with E-state index in [0.717, 1.165) is 81.5 Å². The largest absolute Gasteiger partial charge is 0.479 e. The molecule has 0 spiro atoms. The van der Waals surface area contributed by atoms with Gasteiger partial charge < -0.3 is 14.4 Å². The maximum absolute atomic E-state index is 11.0. The number of hydrogen-bond acceptors (Lipinski definition) is 7. The number of aryl methyl sites for hydroxylation is 1. The summed E-state index contributed by atoms with van der Waals surface area (Å²) < 4.78 is 11.3. The molecule has 0 amide bonds. The molecule has 2 fully saturated rings. The number of ether oxygens (including phenoxy) is 1. The van der Waals surface area contributed by atoms with E-state index < -0.39 is 6.10 Å². The summed E-state index contributed by atoms with van der Waals surface area (Å²) in [6.45, 7) is 0.291. The highest BCUT2D eigenvalue weighted by molar-refractivity contribution is 5.95. The molecular formula is C34H32N8O2. The molecule has 10 heteroatoms. The average Bonchev–Trinajstić information content (AvgIpc) is 3.94. The normalized spacial score (nSPS) is 15.6. The number of hydrogen-bond donors (Lipinski definition) is 1. The lowest BCUT2D eigenvalue weighted by Gasteiger charge is -2.11. The first-order valence-electron chi connectivity index (χ1n) is 15.1. The maximum atomic E-state index is 11.0. The molecule has 0 bridgehead atoms. The van der Waals surface area contributed by atoms with Crippen molar-refractivity contribution in [2.75, 3.05) is 6.61 Å². The van der Waals surface area contributed by atoms with Crippen LogP contribution in [-0.4, -0.2) is 45.8 Å². The molecule has 4 aromatic heterocycles. The van der Waals surface area contributed by atoms with E-state index in [1.807, 2.05) is 59.1 Å². The zero-order valence-corrected chi connectivity index (χ0v) is 24.7. The summed E-state index contributed by atoms with van der Waals surface area (Å²) in [6, 6.07) is 17.5. The SMILES string of the molecule is Cn1cc2cc(-c3nc(-c4cccc5nn(C[C@H](O)c6ccc(OCC#N)cc6)cc45)c(C4CC4)n3C)c(C3CC3)nc2n1. The zero-order chi connectivity index (χ0) is 29.9. The topological polar surface area (TPSA) is 120 Å². The van der Waals surface area contributed by atoms with E-state index in [2.05, 4.69) is 28.8 Å². The number of pyridine rings is 1. The number of fused-ring (bicyclic) bond motifs is 2. The monoisotopic (exact) mass is 584 g/mol. The van der Waals surface area contributed by atoms with E-state index in [-0.39, 0.29) is 6.61 Å². The van der Waals surface area contributed by atoms with Gasteiger partial charge in [-0.2, -0.15) is 15.5 Å². The van der Waals surface area contributed by atoms with Crippen LogP contribution < -0.4 is 4.74 Å². The molecule has 44 heavy (non-hydrogen) atoms. The molecule has 0 aliphatic heterocycles. The first-order valence-corrected chi connectivity index (χ1v) is 15.1. The Hall–Kier alpha value is -5.01. The molecule has 1 atom stereocenters. The first kappa shape index (κ1) is 26.6. The van der Waals surface area contributed by atoms with Gasteiger partial charge in [0.15, 0.2) is 12.3 Å². The van der Waals surface area contributed by atoms with Gasteiger partial charge in [0.05, 0.1) is 29.6 Å². The fraction of sp³-hybridized carbons (Fsp3) is 0.324. The highest BCUT2D eigenvalue weighted by Crippen LogP contribution is 2.49. The van der Waals surface area contributed by atoms with Crippen molar-refractivity contribution < 1.29 is 9.84 Å². The second kappa shape index (κ2) is 10.3. The molecule has 10 nitrogen and oxygen atoms in total. The number of nitrogens with zero attached hydrogens (tertiary/aromatic N) is 8. The third-order valence-electron chi connectivity index (χ3n) is 8.73. The number of aromatic nitrogens is 7. The van der Waals surface area contributed by atoms with Gasteiger partial charge in [0.25, 0.3) is 0 Å². The minimum atomic E-state index is -0.753. The Balaban J connectivity index is 1.17. The second-order valence-corrected chi connectivity index (χ2v) is 12.0. The lowest BCUT2D eigenvalue weighted by atomic mass is 10.0. The van der Waals surface area contributed by atoms with Crippen molar-refractivity contribution in [2.45, 2.75) is 50.2 Å². The Bertz CT molecular complexity index is 2070. The first-order chi connectivity index (χ1) is 21.5. The van der Waals surface area contributed by atoms with Crippen LogP contribution in [0.1, 0.15) is 60.6 Å². The van der Waals surface area contributed by atoms with Crippen LogP contribution in [0, 0.1) is 11.3 Å². The lowest BCUT2D eigenvalue weighted by molar-refractivity contribution is 0.152. The van der Waals surface area contributed by atoms with Gasteiger partial charge in [0.2, 0.25) is 0 Å². The number of aliphatic hydroxyl groups is 1. The molecule has 6 aromatic rings. The van der Waals surface area contributed by atoms with Gasteiger partial charge in [0, 0.05) is 65.9 Å². The molecule has 4 heterocycles. The minimum absolute atomic E-state index is 0.0113. The quantitative estimate of drug-likeness (QED) is 0.229. The van der Waals surface area contributed by atoms with E-state index in [9.17, 15) is 5.11 Å². The third-order valence-corrected chi connectivity index (χ3v) is 8.73. The zero-order valence-electron chi connectivity index (χ0n) is 24.7. The Morgan fingerprint density at radius 1 is 0.977 bits per heavy atom. The van der Waals surface area contributed by atoms with Gasteiger partial charge in [-0.1, -0.05) is 24.3 Å². The van der Waals surface area contributed by atoms with Gasteiger partial charge >= 0.3 is 0 Å². The predicted octanol–water partition coefficient (Wildman–Crippen LogP) is 5.78. The summed E-state index contributed by atoms with van der Waals surface area (Å²) in [5, 5.41) is 31.2. The van der Waals surface area contributed by atoms with E-state index in [4.69, 9.17) is 25.1 Å². The van der Waals surface area contributed by atoms with Crippen LogP contribution in [0.4, 0.5) is 0 Å². The highest BCUT2D eigenvalue weighted by atomic mass is 16.5. The van der Waals surface area contributed by atoms with Gasteiger partial charge in [0.1, 0.15) is 17.6 Å². The standard InChI is InChI=1S/C34H32N8O2/c1-40-17-23-16-26(30(21-6-7-21)36-33(23)39-40)34-37-31(32(41(34)2)22-8-9-22)25-4-3-5-28-27(25)18-42(38-28)19-29(43)20-10-12-24(13-11-20)44-15-14-35/h3-5,10-13,16-18,21-22,29,43H,6-9,15,19H2,1-2H3/t29-/m0/s1. The predicted molar refractivity (Wildman–Crippen MR) is 166 cm³/mol. The fourth-order valence-corrected chi connectivity index (χ4v) is 6.29. The fourth-order valence-electron chi connectivity index (χ4n) is 6.29. The van der Waals surface area contributed by atoms with Gasteiger partial charge in [-0.3, -0.25) is 9.36 Å². The molecule has 8 rings (SSSR count). The highest BCUT2D eigenvalue weighted by Gasteiger charge is 2.35. The summed E-state index contributed by atoms with van der Waals surface area (Å²) >= 11 is 0. The molecule has 0 saturated heterocycles. The molecule has 2 aliphatic carbocycles. The number of rotatable bonds is 9. The number of imidazole rings is 1. The molecular weight excluding hydrogens is 552 g/mol. The van der Waals surface area contributed by atoms with Crippen LogP contribution in [0.25, 0.3) is 44.6 Å². The van der Waals surface area contributed by atoms with Crippen molar-refractivity contribution >= 4 is 21.9 Å². The Kier molecular flexibility index (Phi) is 6.24. The van der Waals surface area contributed by atoms with Gasteiger partial charge in [-0.25, -0.2) is 9.97 Å². The number of aliphatic hydroxyl groups excluding tert-OH is 1. The molecule has 2 aromatic carbocycles. The van der Waals surface area contributed by atoms with Crippen molar-refractivity contribution in [3.63, 3.8) is 0 Å². The maximum Gasteiger partial charge on any atom is 0.181 e. The van der Waals surface area contributed by atoms with Crippen LogP contribution in [0.5, 0.6) is 5.75 Å². The molecule has 2 saturated carbocycles. The van der Waals surface area contributed by atoms with Crippen molar-refractivity contribution in [3.05, 3.63) is 77.9 Å².